The summed E-state index contributed by atoms with van der Waals surface area (Å²) in [6, 6.07) is 20.1. The van der Waals surface area contributed by atoms with E-state index in [4.69, 9.17) is 14.2 Å². The highest BCUT2D eigenvalue weighted by Crippen LogP contribution is 2.43. The van der Waals surface area contributed by atoms with Crippen LogP contribution in [0.1, 0.15) is 26.3 Å². The molecule has 5 rings (SSSR count). The molecule has 0 aliphatic carbocycles. The molecule has 2 aromatic heterocycles. The smallest absolute Gasteiger partial charge is 0.422 e. The second-order valence-electron chi connectivity index (χ2n) is 10.9. The van der Waals surface area contributed by atoms with E-state index in [2.05, 4.69) is 31.2 Å². The molecule has 234 valence electrons. The highest BCUT2D eigenvalue weighted by molar-refractivity contribution is 9.10. The molecule has 0 unspecified atom stereocenters. The van der Waals surface area contributed by atoms with Gasteiger partial charge in [-0.3, -0.25) is 9.88 Å². The lowest BCUT2D eigenvalue weighted by Gasteiger charge is -2.19. The molecule has 0 fully saturated rings. The number of anilines is 1. The van der Waals surface area contributed by atoms with Crippen LogP contribution in [0.15, 0.2) is 83.6 Å². The zero-order chi connectivity index (χ0) is 32.4. The molecule has 0 aliphatic heterocycles. The first-order valence-corrected chi connectivity index (χ1v) is 14.4. The number of alkyl halides is 3. The Hall–Kier alpha value is -4.65. The lowest BCUT2D eigenvalue weighted by Crippen LogP contribution is -2.27. The van der Waals surface area contributed by atoms with Crippen molar-refractivity contribution in [2.45, 2.75) is 39.2 Å². The SMILES string of the molecule is CC(C)(C)OC(=O)Nc1ccc(-c2c(Br)c3ncnc(OCC(F)(F)F)c3n2-c2ccc(OCc3ccccc3)cc2F)cc1. The van der Waals surface area contributed by atoms with Gasteiger partial charge < -0.3 is 14.2 Å². The molecule has 45 heavy (non-hydrogen) atoms. The van der Waals surface area contributed by atoms with Gasteiger partial charge in [-0.15, -0.1) is 0 Å². The Morgan fingerprint density at radius 1 is 0.956 bits per heavy atom. The van der Waals surface area contributed by atoms with Crippen LogP contribution >= 0.6 is 15.9 Å². The van der Waals surface area contributed by atoms with Gasteiger partial charge in [-0.05, 0) is 72.1 Å². The van der Waals surface area contributed by atoms with E-state index in [1.165, 1.54) is 16.7 Å². The number of carbonyl (C=O) groups excluding carboxylic acids is 1. The van der Waals surface area contributed by atoms with Gasteiger partial charge in [0.25, 0.3) is 0 Å². The molecule has 2 heterocycles. The number of rotatable bonds is 8. The van der Waals surface area contributed by atoms with Crippen molar-refractivity contribution in [3.05, 3.63) is 95.0 Å². The van der Waals surface area contributed by atoms with Crippen LogP contribution < -0.4 is 14.8 Å². The summed E-state index contributed by atoms with van der Waals surface area (Å²) in [5.41, 5.74) is 1.66. The number of halogens is 5. The van der Waals surface area contributed by atoms with E-state index in [9.17, 15) is 18.0 Å². The van der Waals surface area contributed by atoms with E-state index >= 15 is 4.39 Å². The van der Waals surface area contributed by atoms with Gasteiger partial charge in [-0.2, -0.15) is 18.2 Å². The van der Waals surface area contributed by atoms with Crippen molar-refractivity contribution in [2.24, 2.45) is 0 Å². The quantitative estimate of drug-likeness (QED) is 0.164. The van der Waals surface area contributed by atoms with E-state index in [-0.39, 0.29) is 29.1 Å². The topological polar surface area (TPSA) is 87.5 Å². The van der Waals surface area contributed by atoms with Gasteiger partial charge in [0.2, 0.25) is 5.88 Å². The zero-order valence-corrected chi connectivity index (χ0v) is 25.9. The summed E-state index contributed by atoms with van der Waals surface area (Å²) in [6.07, 6.45) is -4.23. The van der Waals surface area contributed by atoms with Crippen LogP contribution in [-0.4, -0.2) is 39.0 Å². The molecule has 13 heteroatoms. The first-order valence-electron chi connectivity index (χ1n) is 13.6. The van der Waals surface area contributed by atoms with Crippen LogP contribution in [0.2, 0.25) is 0 Å². The Balaban J connectivity index is 1.58. The van der Waals surface area contributed by atoms with Crippen molar-refractivity contribution >= 4 is 38.7 Å². The monoisotopic (exact) mass is 686 g/mol. The molecule has 5 aromatic rings. The van der Waals surface area contributed by atoms with E-state index in [1.54, 1.807) is 51.1 Å². The predicted octanol–water partition coefficient (Wildman–Crippen LogP) is 8.86. The molecule has 0 radical (unpaired) electrons. The van der Waals surface area contributed by atoms with Gasteiger partial charge in [0, 0.05) is 11.8 Å². The van der Waals surface area contributed by atoms with Crippen molar-refractivity contribution < 1.29 is 36.6 Å². The molecule has 0 saturated heterocycles. The van der Waals surface area contributed by atoms with E-state index in [0.717, 1.165) is 11.9 Å². The fourth-order valence-electron chi connectivity index (χ4n) is 4.43. The average Bonchev–Trinajstić information content (AvgIpc) is 3.27. The first kappa shape index (κ1) is 31.8. The summed E-state index contributed by atoms with van der Waals surface area (Å²) < 4.78 is 73.2. The summed E-state index contributed by atoms with van der Waals surface area (Å²) in [5.74, 6) is -0.865. The summed E-state index contributed by atoms with van der Waals surface area (Å²) in [6.45, 7) is 3.81. The second-order valence-corrected chi connectivity index (χ2v) is 11.7. The lowest BCUT2D eigenvalue weighted by atomic mass is 10.1. The number of benzene rings is 3. The second kappa shape index (κ2) is 12.8. The largest absolute Gasteiger partial charge is 0.489 e. The molecule has 0 spiro atoms. The molecule has 3 aromatic carbocycles. The third kappa shape index (κ3) is 7.72. The van der Waals surface area contributed by atoms with Crippen LogP contribution in [0.3, 0.4) is 0 Å². The van der Waals surface area contributed by atoms with Crippen molar-refractivity contribution in [2.75, 3.05) is 11.9 Å². The van der Waals surface area contributed by atoms with Crippen LogP contribution in [0, 0.1) is 5.82 Å². The Labute approximate surface area is 264 Å². The third-order valence-electron chi connectivity index (χ3n) is 6.24. The van der Waals surface area contributed by atoms with Crippen LogP contribution in [-0.2, 0) is 11.3 Å². The number of nitrogens with zero attached hydrogens (tertiary/aromatic N) is 3. The van der Waals surface area contributed by atoms with Crippen LogP contribution in [0.4, 0.5) is 28.0 Å². The van der Waals surface area contributed by atoms with Crippen molar-refractivity contribution in [1.82, 2.24) is 14.5 Å². The molecule has 8 nitrogen and oxygen atoms in total. The standard InChI is InChI=1S/C32H27BrF4N4O4/c1-31(2,3)45-30(42)40-21-11-9-20(10-12-21)27-25(33)26-28(29(39-18-38-26)44-17-32(35,36)37)41(27)24-14-13-22(15-23(24)34)43-16-19-7-5-4-6-8-19/h4-15,18H,16-17H2,1-3H3,(H,40,42). The van der Waals surface area contributed by atoms with Gasteiger partial charge in [-0.25, -0.2) is 14.2 Å². The number of hydrogen-bond acceptors (Lipinski definition) is 6. The fourth-order valence-corrected chi connectivity index (χ4v) is 5.13. The highest BCUT2D eigenvalue weighted by Gasteiger charge is 2.31. The fraction of sp³-hybridized carbons (Fsp3) is 0.219. The Morgan fingerprint density at radius 2 is 1.67 bits per heavy atom. The maximum atomic E-state index is 15.9. The summed E-state index contributed by atoms with van der Waals surface area (Å²) in [7, 11) is 0. The van der Waals surface area contributed by atoms with Gasteiger partial charge in [0.05, 0.1) is 15.9 Å². The Bertz CT molecular complexity index is 1820. The maximum Gasteiger partial charge on any atom is 0.422 e. The zero-order valence-electron chi connectivity index (χ0n) is 24.3. The van der Waals surface area contributed by atoms with Gasteiger partial charge >= 0.3 is 12.3 Å². The van der Waals surface area contributed by atoms with Crippen LogP contribution in [0.25, 0.3) is 28.0 Å². The minimum absolute atomic E-state index is 0.0106. The minimum Gasteiger partial charge on any atom is -0.489 e. The Kier molecular flexibility index (Phi) is 9.01. The molecular formula is C32H27BrF4N4O4. The lowest BCUT2D eigenvalue weighted by molar-refractivity contribution is -0.153. The molecule has 0 saturated carbocycles. The summed E-state index contributed by atoms with van der Waals surface area (Å²) in [4.78, 5) is 20.5. The third-order valence-corrected chi connectivity index (χ3v) is 6.99. The molecule has 1 N–H and O–H groups in total. The molecule has 1 amide bonds. The van der Waals surface area contributed by atoms with Crippen molar-refractivity contribution in [3.8, 4) is 28.6 Å². The number of carbonyl (C=O) groups is 1. The molecule has 0 aliphatic rings. The number of amides is 1. The minimum atomic E-state index is -4.64. The van der Waals surface area contributed by atoms with Crippen molar-refractivity contribution in [1.29, 1.82) is 0 Å². The number of ether oxygens (including phenoxy) is 3. The average molecular weight is 687 g/mol. The number of aromatic nitrogens is 3. The summed E-state index contributed by atoms with van der Waals surface area (Å²) in [5, 5.41) is 2.64. The molecular weight excluding hydrogens is 660 g/mol. The normalized spacial score (nSPS) is 11.8. The van der Waals surface area contributed by atoms with Gasteiger partial charge in [0.15, 0.2) is 12.4 Å². The van der Waals surface area contributed by atoms with E-state index in [0.29, 0.717) is 21.4 Å². The van der Waals surface area contributed by atoms with E-state index in [1.807, 2.05) is 30.3 Å². The maximum absolute atomic E-state index is 15.9. The van der Waals surface area contributed by atoms with E-state index < -0.39 is 36.2 Å². The first-order chi connectivity index (χ1) is 21.3. The van der Waals surface area contributed by atoms with Crippen LogP contribution in [0.5, 0.6) is 11.6 Å². The van der Waals surface area contributed by atoms with Crippen molar-refractivity contribution in [3.63, 3.8) is 0 Å². The van der Waals surface area contributed by atoms with Gasteiger partial charge in [-0.1, -0.05) is 42.5 Å². The molecule has 0 atom stereocenters. The molecule has 0 bridgehead atoms. The van der Waals surface area contributed by atoms with Gasteiger partial charge in [0.1, 0.15) is 35.3 Å². The summed E-state index contributed by atoms with van der Waals surface area (Å²) >= 11 is 3.52. The Morgan fingerprint density at radius 3 is 2.31 bits per heavy atom. The predicted molar refractivity (Wildman–Crippen MR) is 164 cm³/mol. The number of nitrogens with one attached hydrogen (secondary N) is 1. The highest BCUT2D eigenvalue weighted by atomic mass is 79.9. The number of hydrogen-bond donors (Lipinski definition) is 1. The number of fused-ring (bicyclic) bond motifs is 1.